The van der Waals surface area contributed by atoms with Crippen molar-refractivity contribution in [2.75, 3.05) is 23.5 Å². The van der Waals surface area contributed by atoms with E-state index in [9.17, 15) is 58.2 Å². The summed E-state index contributed by atoms with van der Waals surface area (Å²) in [7, 11) is 3.42. The van der Waals surface area contributed by atoms with Gasteiger partial charge in [-0.25, -0.2) is 9.98 Å². The summed E-state index contributed by atoms with van der Waals surface area (Å²) in [4.78, 5) is 137. The van der Waals surface area contributed by atoms with Gasteiger partial charge in [-0.05, 0) is 57.2 Å². The number of aromatic nitrogens is 2. The van der Waals surface area contributed by atoms with E-state index in [1.165, 1.54) is 69.8 Å². The summed E-state index contributed by atoms with van der Waals surface area (Å²) in [6, 6.07) is 43.0. The first-order valence-electron chi connectivity index (χ1n) is 32.0. The molecule has 6 aliphatic rings. The van der Waals surface area contributed by atoms with Crippen LogP contribution in [0.3, 0.4) is 0 Å². The fourth-order valence-electron chi connectivity index (χ4n) is 14.2. The molecule has 2 N–H and O–H groups in total. The number of nitrogens with zero attached hydrogens (tertiary/aromatic N) is 6. The van der Waals surface area contributed by atoms with Crippen LogP contribution in [0.25, 0.3) is 44.1 Å². The first-order chi connectivity index (χ1) is 48.1. The van der Waals surface area contributed by atoms with Crippen LogP contribution in [0.1, 0.15) is 90.8 Å². The van der Waals surface area contributed by atoms with E-state index >= 15 is 0 Å². The van der Waals surface area contributed by atoms with Crippen LogP contribution in [0.15, 0.2) is 156 Å². The number of anilines is 2. The zero-order chi connectivity index (χ0) is 72.4. The van der Waals surface area contributed by atoms with E-state index in [0.29, 0.717) is 60.5 Å². The van der Waals surface area contributed by atoms with Crippen molar-refractivity contribution in [1.29, 1.82) is 0 Å². The van der Waals surface area contributed by atoms with Crippen molar-refractivity contribution >= 4 is 115 Å². The molecule has 2 fully saturated rings. The van der Waals surface area contributed by atoms with Crippen molar-refractivity contribution in [2.45, 2.75) is 116 Å². The molecular formula is C75H68N6O20. The van der Waals surface area contributed by atoms with Crippen molar-refractivity contribution in [3.05, 3.63) is 189 Å². The van der Waals surface area contributed by atoms with Crippen molar-refractivity contribution < 1.29 is 96.1 Å². The summed E-state index contributed by atoms with van der Waals surface area (Å²) in [5, 5.41) is 26.0. The molecule has 0 spiro atoms. The summed E-state index contributed by atoms with van der Waals surface area (Å²) in [6.07, 6.45) is -8.55. The summed E-state index contributed by atoms with van der Waals surface area (Å²) < 4.78 is 49.0. The average Bonchev–Trinajstić information content (AvgIpc) is 1.64. The normalized spacial score (nSPS) is 23.8. The zero-order valence-corrected chi connectivity index (χ0v) is 56.5. The standard InChI is InChI=1S/C30H30N2O9.C28H26N2O9.C17H12N2O2/c1-15-25(39-16(2)33)30(5,41-18(4)35)26(40-17(3)34)29(38-15)32-22-14-10-8-12-20(22)24(28(32)37)23-19-11-7-9-13-21(19)31(6)27(23)36;1-14(31)37-21-13-36-27(24(38-15(2)32)28(21,4)39-16(3)33)30-20-12-8-6-10-18(20)23(26(30)35)22-17-9-5-7-11-19(17)29-25(22)34;1-19-13-9-5-3-7-11(13)15(17(19)21)14-10-6-2-4-8-12(10)18-16(14)20/h7-15,25-26,29H,1-6H3;5-12,21,24,27,35H,13H2,1-4H3;2-9,21H,1H3/b24-23+;;. The van der Waals surface area contributed by atoms with Gasteiger partial charge < -0.3 is 57.6 Å². The van der Waals surface area contributed by atoms with E-state index in [1.54, 1.807) is 117 Å². The van der Waals surface area contributed by atoms with Crippen LogP contribution in [0, 0.1) is 0 Å². The third-order valence-electron chi connectivity index (χ3n) is 18.3. The Bertz CT molecular complexity index is 5210. The molecule has 6 aliphatic heterocycles. The number of aryl methyl sites for hydroxylation is 1. The quantitative estimate of drug-likeness (QED) is 0.0968. The SMILES string of the molecule is CC(=O)OC1C(C)OC(N2C(=O)/C(=C3/C(=O)N(C)c4ccccc43)c3ccccc32)C(OC(C)=O)C1(C)OC(C)=O.CC(=O)OC1COC(n2c(O)c(C3=c4ccccc4=NC3=O)c3ccccc32)C(OC(C)=O)C1(C)OC(C)=O.Cn1c(O)c(C2=c3ccccc3=NC2=O)c2ccccc21. The van der Waals surface area contributed by atoms with Gasteiger partial charge in [-0.1, -0.05) is 109 Å². The maximum absolute atomic E-state index is 14.4. The predicted molar refractivity (Wildman–Crippen MR) is 360 cm³/mol. The molecule has 26 nitrogen and oxygen atoms in total. The first kappa shape index (κ1) is 69.0. The van der Waals surface area contributed by atoms with E-state index in [-0.39, 0.29) is 52.5 Å². The molecule has 101 heavy (non-hydrogen) atoms. The Hall–Kier alpha value is -11.9. The largest absolute Gasteiger partial charge is 0.494 e. The molecule has 0 aliphatic carbocycles. The number of benzene rings is 6. The number of carbonyl (C=O) groups is 10. The third kappa shape index (κ3) is 12.0. The Kier molecular flexibility index (Phi) is 18.3. The minimum atomic E-state index is -1.74. The van der Waals surface area contributed by atoms with Crippen molar-refractivity contribution in [2.24, 2.45) is 17.0 Å². The number of likely N-dealkylation sites (N-methyl/N-ethyl adjacent to an activating group) is 1. The maximum atomic E-state index is 14.4. The zero-order valence-electron chi connectivity index (χ0n) is 56.5. The number of para-hydroxylation sites is 6. The highest BCUT2D eigenvalue weighted by molar-refractivity contribution is 6.50. The van der Waals surface area contributed by atoms with Crippen molar-refractivity contribution in [3.63, 3.8) is 0 Å². The summed E-state index contributed by atoms with van der Waals surface area (Å²) in [5.41, 5.74) is 1.93. The Balaban J connectivity index is 0.000000150. The second-order valence-corrected chi connectivity index (χ2v) is 25.0. The third-order valence-corrected chi connectivity index (χ3v) is 18.3. The number of fused-ring (bicyclic) bond motifs is 6. The van der Waals surface area contributed by atoms with Gasteiger partial charge >= 0.3 is 35.8 Å². The number of carbonyl (C=O) groups excluding carboxylic acids is 10. The molecule has 6 aromatic carbocycles. The highest BCUT2D eigenvalue weighted by atomic mass is 16.7. The van der Waals surface area contributed by atoms with Crippen LogP contribution in [-0.2, 0) is 92.9 Å². The number of esters is 6. The lowest BCUT2D eigenvalue weighted by atomic mass is 9.84. The van der Waals surface area contributed by atoms with Gasteiger partial charge in [-0.2, -0.15) is 0 Å². The van der Waals surface area contributed by atoms with Gasteiger partial charge in [-0.3, -0.25) is 57.4 Å². The second kappa shape index (κ2) is 26.7. The molecule has 0 saturated carbocycles. The van der Waals surface area contributed by atoms with Gasteiger partial charge in [0.25, 0.3) is 23.6 Å². The Morgan fingerprint density at radius 1 is 0.485 bits per heavy atom. The van der Waals surface area contributed by atoms with Crippen LogP contribution in [0.2, 0.25) is 0 Å². The number of rotatable bonds is 10. The molecule has 9 unspecified atom stereocenters. The number of ether oxygens (including phenoxy) is 8. The Labute approximate surface area is 575 Å². The molecule has 9 atom stereocenters. The molecule has 4 amide bonds. The lowest BCUT2D eigenvalue weighted by Gasteiger charge is -2.51. The van der Waals surface area contributed by atoms with Crippen LogP contribution < -0.4 is 31.0 Å². The van der Waals surface area contributed by atoms with Crippen molar-refractivity contribution in [1.82, 2.24) is 9.13 Å². The van der Waals surface area contributed by atoms with Gasteiger partial charge in [0.15, 0.2) is 54.0 Å². The maximum Gasteiger partial charge on any atom is 0.303 e. The number of aromatic hydroxyl groups is 2. The van der Waals surface area contributed by atoms with Crippen LogP contribution in [-0.4, -0.2) is 140 Å². The lowest BCUT2D eigenvalue weighted by molar-refractivity contribution is -0.275. The van der Waals surface area contributed by atoms with E-state index < -0.39 is 102 Å². The fraction of sp³-hybridized carbons (Fsp3) is 0.280. The molecule has 8 heterocycles. The Morgan fingerprint density at radius 2 is 0.921 bits per heavy atom. The number of amides is 4. The van der Waals surface area contributed by atoms with E-state index in [0.717, 1.165) is 16.1 Å². The van der Waals surface area contributed by atoms with Gasteiger partial charge in [0.05, 0.1) is 79.3 Å². The van der Waals surface area contributed by atoms with Crippen LogP contribution in [0.5, 0.6) is 11.8 Å². The molecule has 0 bridgehead atoms. The molecular weight excluding hydrogens is 1300 g/mol. The highest BCUT2D eigenvalue weighted by Crippen LogP contribution is 2.50. The predicted octanol–water partition coefficient (Wildman–Crippen LogP) is 5.51. The molecule has 14 rings (SSSR count). The van der Waals surface area contributed by atoms with Gasteiger partial charge in [-0.15, -0.1) is 0 Å². The van der Waals surface area contributed by atoms with Gasteiger partial charge in [0.1, 0.15) is 0 Å². The first-order valence-corrected chi connectivity index (χ1v) is 32.0. The van der Waals surface area contributed by atoms with Gasteiger partial charge in [0, 0.05) is 88.0 Å². The highest BCUT2D eigenvalue weighted by Gasteiger charge is 2.63. The van der Waals surface area contributed by atoms with E-state index in [2.05, 4.69) is 9.98 Å². The van der Waals surface area contributed by atoms with E-state index in [4.69, 9.17) is 37.9 Å². The smallest absolute Gasteiger partial charge is 0.303 e. The lowest BCUT2D eigenvalue weighted by Crippen LogP contribution is -2.71. The average molecular weight is 1370 g/mol. The summed E-state index contributed by atoms with van der Waals surface area (Å²) >= 11 is 0. The van der Waals surface area contributed by atoms with Crippen molar-refractivity contribution in [3.8, 4) is 11.8 Å². The van der Waals surface area contributed by atoms with E-state index in [1.807, 2.05) is 54.6 Å². The molecule has 0 radical (unpaired) electrons. The summed E-state index contributed by atoms with van der Waals surface area (Å²) in [6.45, 7) is 11.4. The van der Waals surface area contributed by atoms with Crippen LogP contribution in [0.4, 0.5) is 11.4 Å². The monoisotopic (exact) mass is 1370 g/mol. The second-order valence-electron chi connectivity index (χ2n) is 25.0. The van der Waals surface area contributed by atoms with Crippen LogP contribution >= 0.6 is 0 Å². The number of hydrogen-bond donors (Lipinski definition) is 2. The number of hydrogen-bond acceptors (Lipinski definition) is 20. The minimum absolute atomic E-state index is 0.0893. The summed E-state index contributed by atoms with van der Waals surface area (Å²) in [5.74, 6) is -6.20. The molecule has 8 aromatic rings. The molecule has 26 heteroatoms. The van der Waals surface area contributed by atoms with Gasteiger partial charge in [0.2, 0.25) is 5.88 Å². The molecule has 518 valence electrons. The molecule has 2 aromatic heterocycles. The minimum Gasteiger partial charge on any atom is -0.494 e. The molecule has 2 saturated heterocycles. The topological polar surface area (TPSA) is 326 Å². The fourth-order valence-corrected chi connectivity index (χ4v) is 14.2. The Morgan fingerprint density at radius 3 is 1.48 bits per heavy atom.